The molecule has 0 saturated carbocycles. The molecular weight excluding hydrogens is 415 g/mol. The Labute approximate surface area is 149 Å². The summed E-state index contributed by atoms with van der Waals surface area (Å²) < 4.78 is 6.51. The molecule has 0 bridgehead atoms. The summed E-state index contributed by atoms with van der Waals surface area (Å²) in [5.41, 5.74) is 6.50. The molecule has 0 saturated heterocycles. The van der Waals surface area contributed by atoms with E-state index in [0.29, 0.717) is 13.1 Å². The highest BCUT2D eigenvalue weighted by atomic mass is 127. The van der Waals surface area contributed by atoms with Gasteiger partial charge in [0.05, 0.1) is 25.1 Å². The van der Waals surface area contributed by atoms with Gasteiger partial charge in [-0.05, 0) is 24.3 Å². The third kappa shape index (κ3) is 5.73. The van der Waals surface area contributed by atoms with Crippen molar-refractivity contribution in [3.05, 3.63) is 46.8 Å². The number of halogens is 1. The van der Waals surface area contributed by atoms with Crippen LogP contribution >= 0.6 is 24.0 Å². The third-order valence-corrected chi connectivity index (χ3v) is 2.80. The molecule has 10 heteroatoms. The number of guanidine groups is 1. The van der Waals surface area contributed by atoms with Gasteiger partial charge in [0.25, 0.3) is 0 Å². The average molecular weight is 432 g/mol. The highest BCUT2D eigenvalue weighted by Crippen LogP contribution is 2.14. The van der Waals surface area contributed by atoms with Crippen LogP contribution in [0.1, 0.15) is 0 Å². The first-order valence-corrected chi connectivity index (χ1v) is 6.46. The fourth-order valence-electron chi connectivity index (χ4n) is 1.70. The topological polar surface area (TPSA) is 121 Å². The first kappa shape index (κ1) is 18.7. The maximum Gasteiger partial charge on any atom is 0.306 e. The SMILES string of the molecule is COc1ccc(NC(N)=NCCn2cc([N+](=O)[O-])cn2)cc1.I. The molecule has 0 aliphatic heterocycles. The molecule has 1 aromatic heterocycles. The number of rotatable bonds is 6. The lowest BCUT2D eigenvalue weighted by Crippen LogP contribution is -2.23. The second-order valence-electron chi connectivity index (χ2n) is 4.34. The molecule has 3 N–H and O–H groups in total. The molecule has 0 atom stereocenters. The van der Waals surface area contributed by atoms with E-state index < -0.39 is 4.92 Å². The van der Waals surface area contributed by atoms with Crippen molar-refractivity contribution in [3.63, 3.8) is 0 Å². The molecule has 1 aromatic carbocycles. The minimum atomic E-state index is -0.494. The summed E-state index contributed by atoms with van der Waals surface area (Å²) in [5, 5.41) is 17.3. The Morgan fingerprint density at radius 1 is 1.48 bits per heavy atom. The van der Waals surface area contributed by atoms with Crippen LogP contribution in [0.2, 0.25) is 0 Å². The smallest absolute Gasteiger partial charge is 0.306 e. The van der Waals surface area contributed by atoms with E-state index >= 15 is 0 Å². The molecule has 0 spiro atoms. The van der Waals surface area contributed by atoms with E-state index in [2.05, 4.69) is 15.4 Å². The Hall–Kier alpha value is -2.37. The fourth-order valence-corrected chi connectivity index (χ4v) is 1.70. The Morgan fingerprint density at radius 2 is 2.17 bits per heavy atom. The van der Waals surface area contributed by atoms with Crippen LogP contribution in [0, 0.1) is 10.1 Å². The van der Waals surface area contributed by atoms with Gasteiger partial charge in [0, 0.05) is 5.69 Å². The zero-order valence-corrected chi connectivity index (χ0v) is 14.7. The number of benzene rings is 1. The zero-order chi connectivity index (χ0) is 15.9. The normalized spacial score (nSPS) is 10.7. The van der Waals surface area contributed by atoms with Crippen molar-refractivity contribution in [1.82, 2.24) is 9.78 Å². The summed E-state index contributed by atoms with van der Waals surface area (Å²) in [6.07, 6.45) is 2.55. The van der Waals surface area contributed by atoms with Crippen LogP contribution in [0.25, 0.3) is 0 Å². The molecule has 23 heavy (non-hydrogen) atoms. The van der Waals surface area contributed by atoms with Crippen molar-refractivity contribution in [2.45, 2.75) is 6.54 Å². The summed E-state index contributed by atoms with van der Waals surface area (Å²) in [6.45, 7) is 0.757. The summed E-state index contributed by atoms with van der Waals surface area (Å²) in [7, 11) is 1.60. The number of nitrogens with one attached hydrogen (secondary N) is 1. The number of aromatic nitrogens is 2. The fraction of sp³-hybridized carbons (Fsp3) is 0.231. The Balaban J connectivity index is 0.00000264. The van der Waals surface area contributed by atoms with Crippen LogP contribution in [0.4, 0.5) is 11.4 Å². The van der Waals surface area contributed by atoms with Crippen molar-refractivity contribution in [2.24, 2.45) is 10.7 Å². The first-order chi connectivity index (χ1) is 10.6. The van der Waals surface area contributed by atoms with Crippen LogP contribution < -0.4 is 15.8 Å². The van der Waals surface area contributed by atoms with Crippen LogP contribution in [0.15, 0.2) is 41.7 Å². The van der Waals surface area contributed by atoms with E-state index in [9.17, 15) is 10.1 Å². The number of ether oxygens (including phenoxy) is 1. The number of nitrogens with zero attached hydrogens (tertiary/aromatic N) is 4. The molecule has 2 rings (SSSR count). The summed E-state index contributed by atoms with van der Waals surface area (Å²) in [6, 6.07) is 7.24. The number of hydrogen-bond donors (Lipinski definition) is 2. The largest absolute Gasteiger partial charge is 0.497 e. The molecule has 124 valence electrons. The van der Waals surface area contributed by atoms with Crippen LogP contribution in [0.5, 0.6) is 5.75 Å². The van der Waals surface area contributed by atoms with E-state index in [1.54, 1.807) is 19.2 Å². The number of nitrogens with two attached hydrogens (primary N) is 1. The molecule has 9 nitrogen and oxygen atoms in total. The number of nitro groups is 1. The molecule has 0 unspecified atom stereocenters. The van der Waals surface area contributed by atoms with Gasteiger partial charge in [-0.1, -0.05) is 0 Å². The lowest BCUT2D eigenvalue weighted by atomic mass is 10.3. The Bertz CT molecular complexity index is 671. The minimum absolute atomic E-state index is 0. The van der Waals surface area contributed by atoms with Gasteiger partial charge < -0.3 is 15.8 Å². The van der Waals surface area contributed by atoms with Crippen molar-refractivity contribution < 1.29 is 9.66 Å². The number of hydrogen-bond acceptors (Lipinski definition) is 5. The predicted molar refractivity (Wildman–Crippen MR) is 97.4 cm³/mol. The standard InChI is InChI=1S/C13H16N6O3.HI/c1-22-12-4-2-10(3-5-12)17-13(14)15-6-7-18-9-11(8-16-18)19(20)21;/h2-5,8-9H,6-7H2,1H3,(H3,14,15,17);1H. The molecular formula is C13H17IN6O3. The van der Waals surface area contributed by atoms with Gasteiger partial charge in [0.15, 0.2) is 5.96 Å². The van der Waals surface area contributed by atoms with Crippen molar-refractivity contribution >= 4 is 41.3 Å². The minimum Gasteiger partial charge on any atom is -0.497 e. The number of aliphatic imine (C=N–C) groups is 1. The van der Waals surface area contributed by atoms with Crippen molar-refractivity contribution in [1.29, 1.82) is 0 Å². The molecule has 0 radical (unpaired) electrons. The van der Waals surface area contributed by atoms with Gasteiger partial charge >= 0.3 is 5.69 Å². The van der Waals surface area contributed by atoms with E-state index in [1.807, 2.05) is 12.1 Å². The van der Waals surface area contributed by atoms with Crippen LogP contribution in [0.3, 0.4) is 0 Å². The van der Waals surface area contributed by atoms with Crippen LogP contribution in [-0.4, -0.2) is 34.3 Å². The van der Waals surface area contributed by atoms with Crippen LogP contribution in [-0.2, 0) is 6.54 Å². The van der Waals surface area contributed by atoms with E-state index in [-0.39, 0.29) is 35.6 Å². The second-order valence-corrected chi connectivity index (χ2v) is 4.34. The quantitative estimate of drug-likeness (QED) is 0.236. The summed E-state index contributed by atoms with van der Waals surface area (Å²) in [4.78, 5) is 14.2. The van der Waals surface area contributed by atoms with E-state index in [4.69, 9.17) is 10.5 Å². The molecule has 0 aliphatic carbocycles. The molecule has 1 heterocycles. The third-order valence-electron chi connectivity index (χ3n) is 2.80. The van der Waals surface area contributed by atoms with Gasteiger partial charge in [0.2, 0.25) is 0 Å². The lowest BCUT2D eigenvalue weighted by Gasteiger charge is -2.06. The highest BCUT2D eigenvalue weighted by Gasteiger charge is 2.07. The maximum atomic E-state index is 10.5. The number of anilines is 1. The van der Waals surface area contributed by atoms with Crippen molar-refractivity contribution in [2.75, 3.05) is 19.0 Å². The molecule has 2 aromatic rings. The predicted octanol–water partition coefficient (Wildman–Crippen LogP) is 1.84. The van der Waals surface area contributed by atoms with E-state index in [1.165, 1.54) is 17.1 Å². The lowest BCUT2D eigenvalue weighted by molar-refractivity contribution is -0.385. The average Bonchev–Trinajstić information content (AvgIpc) is 2.97. The zero-order valence-electron chi connectivity index (χ0n) is 12.4. The van der Waals surface area contributed by atoms with Gasteiger partial charge in [-0.15, -0.1) is 24.0 Å². The molecule has 0 fully saturated rings. The molecule has 0 amide bonds. The summed E-state index contributed by atoms with van der Waals surface area (Å²) in [5.74, 6) is 1.01. The molecule has 0 aliphatic rings. The van der Waals surface area contributed by atoms with Gasteiger partial charge in [-0.3, -0.25) is 19.8 Å². The summed E-state index contributed by atoms with van der Waals surface area (Å²) >= 11 is 0. The van der Waals surface area contributed by atoms with Gasteiger partial charge in [0.1, 0.15) is 18.1 Å². The van der Waals surface area contributed by atoms with Crippen molar-refractivity contribution in [3.8, 4) is 5.75 Å². The number of methoxy groups -OCH3 is 1. The Morgan fingerprint density at radius 3 is 2.74 bits per heavy atom. The monoisotopic (exact) mass is 432 g/mol. The van der Waals surface area contributed by atoms with Gasteiger partial charge in [-0.2, -0.15) is 5.10 Å². The second kappa shape index (κ2) is 8.92. The van der Waals surface area contributed by atoms with E-state index in [0.717, 1.165) is 11.4 Å². The first-order valence-electron chi connectivity index (χ1n) is 6.46. The maximum absolute atomic E-state index is 10.5. The van der Waals surface area contributed by atoms with Gasteiger partial charge in [-0.25, -0.2) is 0 Å². The highest BCUT2D eigenvalue weighted by molar-refractivity contribution is 14.0. The Kier molecular flexibility index (Phi) is 7.25.